The minimum atomic E-state index is -0.603. The fourth-order valence-corrected chi connectivity index (χ4v) is 3.65. The molecule has 0 saturated carbocycles. The standard InChI is InChI=1S/C21H23Cl2N3O2.ClH/c1-13(24-2)20(27)25-18-10-7-14-5-3-4-6-19(14)26(21(18)28)12-15-11-16(22)8-9-17(15)23;/h3-6,8-9,11,13,18,24H,7,10,12H2,1-2H3,(H,25,27);1H. The number of rotatable bonds is 5. The fourth-order valence-electron chi connectivity index (χ4n) is 3.28. The second kappa shape index (κ2) is 10.3. The number of aryl methyl sites for hydroxylation is 1. The van der Waals surface area contributed by atoms with Crippen molar-refractivity contribution in [1.82, 2.24) is 10.6 Å². The first kappa shape index (κ1) is 23.5. The maximum atomic E-state index is 13.4. The number of halogens is 3. The molecule has 2 unspecified atom stereocenters. The summed E-state index contributed by atoms with van der Waals surface area (Å²) < 4.78 is 0. The third kappa shape index (κ3) is 5.43. The summed E-state index contributed by atoms with van der Waals surface area (Å²) in [4.78, 5) is 27.4. The van der Waals surface area contributed by atoms with Crippen molar-refractivity contribution >= 4 is 53.1 Å². The number of nitrogens with zero attached hydrogens (tertiary/aromatic N) is 1. The molecule has 2 aromatic carbocycles. The number of amides is 2. The molecule has 1 aliphatic rings. The van der Waals surface area contributed by atoms with Gasteiger partial charge in [0.1, 0.15) is 6.04 Å². The van der Waals surface area contributed by atoms with E-state index in [2.05, 4.69) is 10.6 Å². The van der Waals surface area contributed by atoms with E-state index in [0.29, 0.717) is 22.9 Å². The summed E-state index contributed by atoms with van der Waals surface area (Å²) in [6, 6.07) is 12.0. The molecular weight excluding hydrogens is 433 g/mol. The molecule has 2 aromatic rings. The third-order valence-corrected chi connectivity index (χ3v) is 5.63. The molecule has 2 amide bonds. The number of nitrogens with one attached hydrogen (secondary N) is 2. The van der Waals surface area contributed by atoms with Gasteiger partial charge in [0.2, 0.25) is 11.8 Å². The molecule has 3 rings (SSSR count). The Morgan fingerprint density at radius 2 is 1.97 bits per heavy atom. The van der Waals surface area contributed by atoms with Crippen LogP contribution in [0.5, 0.6) is 0 Å². The first-order valence-electron chi connectivity index (χ1n) is 9.21. The zero-order valence-corrected chi connectivity index (χ0v) is 18.6. The Morgan fingerprint density at radius 1 is 1.24 bits per heavy atom. The van der Waals surface area contributed by atoms with E-state index in [9.17, 15) is 9.59 Å². The summed E-state index contributed by atoms with van der Waals surface area (Å²) in [7, 11) is 1.71. The summed E-state index contributed by atoms with van der Waals surface area (Å²) in [6.45, 7) is 2.04. The zero-order valence-electron chi connectivity index (χ0n) is 16.2. The third-order valence-electron chi connectivity index (χ3n) is 5.03. The summed E-state index contributed by atoms with van der Waals surface area (Å²) >= 11 is 12.5. The lowest BCUT2D eigenvalue weighted by Crippen LogP contribution is -2.52. The molecule has 0 fully saturated rings. The molecular formula is C21H24Cl3N3O2. The summed E-state index contributed by atoms with van der Waals surface area (Å²) in [5, 5.41) is 6.88. The number of carbonyl (C=O) groups is 2. The van der Waals surface area contributed by atoms with Gasteiger partial charge in [-0.1, -0.05) is 41.4 Å². The molecule has 29 heavy (non-hydrogen) atoms. The van der Waals surface area contributed by atoms with E-state index < -0.39 is 6.04 Å². The molecule has 5 nitrogen and oxygen atoms in total. The fraction of sp³-hybridized carbons (Fsp3) is 0.333. The summed E-state index contributed by atoms with van der Waals surface area (Å²) in [5.74, 6) is -0.356. The smallest absolute Gasteiger partial charge is 0.249 e. The lowest BCUT2D eigenvalue weighted by atomic mass is 10.1. The van der Waals surface area contributed by atoms with Crippen LogP contribution in [-0.2, 0) is 22.6 Å². The van der Waals surface area contributed by atoms with Gasteiger partial charge < -0.3 is 15.5 Å². The quantitative estimate of drug-likeness (QED) is 0.715. The van der Waals surface area contributed by atoms with Crippen molar-refractivity contribution in [2.75, 3.05) is 11.9 Å². The number of fused-ring (bicyclic) bond motifs is 1. The number of hydrogen-bond acceptors (Lipinski definition) is 3. The first-order valence-corrected chi connectivity index (χ1v) is 9.97. The number of anilines is 1. The van der Waals surface area contributed by atoms with Gasteiger partial charge in [-0.05, 0) is 62.2 Å². The van der Waals surface area contributed by atoms with Gasteiger partial charge in [-0.25, -0.2) is 0 Å². The van der Waals surface area contributed by atoms with E-state index in [1.54, 1.807) is 37.1 Å². The molecule has 0 bridgehead atoms. The van der Waals surface area contributed by atoms with Gasteiger partial charge >= 0.3 is 0 Å². The van der Waals surface area contributed by atoms with Crippen molar-refractivity contribution in [3.8, 4) is 0 Å². The van der Waals surface area contributed by atoms with Crippen LogP contribution >= 0.6 is 35.6 Å². The molecule has 2 N–H and O–H groups in total. The summed E-state index contributed by atoms with van der Waals surface area (Å²) in [5.41, 5.74) is 2.65. The maximum absolute atomic E-state index is 13.4. The molecule has 156 valence electrons. The average Bonchev–Trinajstić information content (AvgIpc) is 2.82. The van der Waals surface area contributed by atoms with E-state index >= 15 is 0 Å². The van der Waals surface area contributed by atoms with E-state index in [1.165, 1.54) is 0 Å². The van der Waals surface area contributed by atoms with Gasteiger partial charge in [-0.3, -0.25) is 9.59 Å². The van der Waals surface area contributed by atoms with Crippen LogP contribution < -0.4 is 15.5 Å². The number of hydrogen-bond donors (Lipinski definition) is 2. The number of carbonyl (C=O) groups excluding carboxylic acids is 2. The van der Waals surface area contributed by atoms with Crippen molar-refractivity contribution in [2.24, 2.45) is 0 Å². The Balaban J connectivity index is 0.00000300. The highest BCUT2D eigenvalue weighted by molar-refractivity contribution is 6.33. The topological polar surface area (TPSA) is 61.4 Å². The van der Waals surface area contributed by atoms with Gasteiger partial charge in [0.25, 0.3) is 0 Å². The van der Waals surface area contributed by atoms with Crippen molar-refractivity contribution in [3.05, 3.63) is 63.6 Å². The Kier molecular flexibility index (Phi) is 8.34. The lowest BCUT2D eigenvalue weighted by molar-refractivity contribution is -0.128. The van der Waals surface area contributed by atoms with E-state index in [-0.39, 0.29) is 36.8 Å². The largest absolute Gasteiger partial charge is 0.343 e. The minimum absolute atomic E-state index is 0. The van der Waals surface area contributed by atoms with E-state index in [0.717, 1.165) is 16.8 Å². The van der Waals surface area contributed by atoms with Crippen LogP contribution in [0, 0.1) is 0 Å². The van der Waals surface area contributed by atoms with Crippen LogP contribution in [0.2, 0.25) is 10.0 Å². The predicted molar refractivity (Wildman–Crippen MR) is 120 cm³/mol. The molecule has 8 heteroatoms. The maximum Gasteiger partial charge on any atom is 0.249 e. The Bertz CT molecular complexity index is 891. The van der Waals surface area contributed by atoms with E-state index in [4.69, 9.17) is 23.2 Å². The molecule has 2 atom stereocenters. The molecule has 0 spiro atoms. The molecule has 1 aliphatic heterocycles. The number of para-hydroxylation sites is 1. The normalized spacial score (nSPS) is 17.0. The van der Waals surface area contributed by atoms with Crippen LogP contribution in [-0.4, -0.2) is 30.9 Å². The molecule has 0 radical (unpaired) electrons. The minimum Gasteiger partial charge on any atom is -0.343 e. The second-order valence-corrected chi connectivity index (χ2v) is 7.74. The van der Waals surface area contributed by atoms with Crippen molar-refractivity contribution in [2.45, 2.75) is 38.4 Å². The molecule has 0 aromatic heterocycles. The first-order chi connectivity index (χ1) is 13.4. The van der Waals surface area contributed by atoms with Gasteiger partial charge in [0.05, 0.1) is 12.6 Å². The van der Waals surface area contributed by atoms with Crippen molar-refractivity contribution < 1.29 is 9.59 Å². The van der Waals surface area contributed by atoms with Crippen molar-refractivity contribution in [1.29, 1.82) is 0 Å². The number of likely N-dealkylation sites (N-methyl/N-ethyl adjacent to an activating group) is 1. The van der Waals surface area contributed by atoms with Crippen LogP contribution in [0.15, 0.2) is 42.5 Å². The lowest BCUT2D eigenvalue weighted by Gasteiger charge is -2.27. The van der Waals surface area contributed by atoms with Crippen LogP contribution in [0.25, 0.3) is 0 Å². The highest BCUT2D eigenvalue weighted by Gasteiger charge is 2.32. The van der Waals surface area contributed by atoms with Crippen LogP contribution in [0.4, 0.5) is 5.69 Å². The average molecular weight is 457 g/mol. The number of benzene rings is 2. The van der Waals surface area contributed by atoms with Crippen LogP contribution in [0.1, 0.15) is 24.5 Å². The van der Waals surface area contributed by atoms with Crippen LogP contribution in [0.3, 0.4) is 0 Å². The SMILES string of the molecule is CNC(C)C(=O)NC1CCc2ccccc2N(Cc2cc(Cl)ccc2Cl)C1=O.Cl. The Hall–Kier alpha value is -1.79. The van der Waals surface area contributed by atoms with Crippen molar-refractivity contribution in [3.63, 3.8) is 0 Å². The second-order valence-electron chi connectivity index (χ2n) is 6.90. The zero-order chi connectivity index (χ0) is 20.3. The Morgan fingerprint density at radius 3 is 2.69 bits per heavy atom. The van der Waals surface area contributed by atoms with Gasteiger partial charge in [0, 0.05) is 15.7 Å². The highest BCUT2D eigenvalue weighted by Crippen LogP contribution is 2.30. The highest BCUT2D eigenvalue weighted by atomic mass is 35.5. The van der Waals surface area contributed by atoms with Gasteiger partial charge in [-0.15, -0.1) is 12.4 Å². The van der Waals surface area contributed by atoms with E-state index in [1.807, 2.05) is 24.3 Å². The Labute approximate surface area is 187 Å². The molecule has 0 aliphatic carbocycles. The van der Waals surface area contributed by atoms with Gasteiger partial charge in [0.15, 0.2) is 0 Å². The monoisotopic (exact) mass is 455 g/mol. The molecule has 1 heterocycles. The summed E-state index contributed by atoms with van der Waals surface area (Å²) in [6.07, 6.45) is 1.23. The predicted octanol–water partition coefficient (Wildman–Crippen LogP) is 3.99. The van der Waals surface area contributed by atoms with Gasteiger partial charge in [-0.2, -0.15) is 0 Å². The molecule has 0 saturated heterocycles.